The average Bonchev–Trinajstić information content (AvgIpc) is 2.61. The second kappa shape index (κ2) is 8.53. The lowest BCUT2D eigenvalue weighted by molar-refractivity contribution is -0.142. The Morgan fingerprint density at radius 1 is 1.40 bits per heavy atom. The quantitative estimate of drug-likeness (QED) is 0.570. The van der Waals surface area contributed by atoms with Crippen LogP contribution in [0.1, 0.15) is 31.4 Å². The first kappa shape index (κ1) is 18.8. The van der Waals surface area contributed by atoms with Gasteiger partial charge >= 0.3 is 5.97 Å². The standard InChI is InChI=1S/C17H15F2N3O2S/c1-3-24-17(23)10(2)25-16-13(9-20)12(15(18)19)8-14(22-16)11-4-6-21-7-5-11/h4-8,10,15H,3H2,1-2H3. The molecule has 0 aromatic carbocycles. The van der Waals surface area contributed by atoms with Gasteiger partial charge in [0.05, 0.1) is 17.9 Å². The molecule has 130 valence electrons. The summed E-state index contributed by atoms with van der Waals surface area (Å²) in [6.07, 6.45) is 0.201. The van der Waals surface area contributed by atoms with Crippen LogP contribution in [0.3, 0.4) is 0 Å². The van der Waals surface area contributed by atoms with Crippen LogP contribution in [0.15, 0.2) is 35.6 Å². The van der Waals surface area contributed by atoms with E-state index in [1.807, 2.05) is 0 Å². The number of nitriles is 1. The van der Waals surface area contributed by atoms with Gasteiger partial charge in [0, 0.05) is 23.5 Å². The summed E-state index contributed by atoms with van der Waals surface area (Å²) in [7, 11) is 0. The Hall–Kier alpha value is -2.53. The minimum absolute atomic E-state index is 0.0765. The fraction of sp³-hybridized carbons (Fsp3) is 0.294. The van der Waals surface area contributed by atoms with Crippen LogP contribution in [-0.4, -0.2) is 27.8 Å². The number of rotatable bonds is 6. The summed E-state index contributed by atoms with van der Waals surface area (Å²) >= 11 is 0.926. The highest BCUT2D eigenvalue weighted by Gasteiger charge is 2.24. The number of thioether (sulfide) groups is 1. The van der Waals surface area contributed by atoms with Crippen LogP contribution < -0.4 is 0 Å². The number of hydrogen-bond donors (Lipinski definition) is 0. The zero-order valence-electron chi connectivity index (χ0n) is 13.6. The SMILES string of the molecule is CCOC(=O)C(C)Sc1nc(-c2ccncc2)cc(C(F)F)c1C#N. The maximum absolute atomic E-state index is 13.4. The van der Waals surface area contributed by atoms with Crippen LogP contribution in [0.4, 0.5) is 8.78 Å². The molecular weight excluding hydrogens is 348 g/mol. The molecule has 0 aliphatic carbocycles. The van der Waals surface area contributed by atoms with Crippen molar-refractivity contribution in [2.75, 3.05) is 6.61 Å². The van der Waals surface area contributed by atoms with E-state index in [0.717, 1.165) is 11.8 Å². The molecule has 0 saturated heterocycles. The van der Waals surface area contributed by atoms with E-state index in [2.05, 4.69) is 9.97 Å². The highest BCUT2D eigenvalue weighted by Crippen LogP contribution is 2.34. The molecule has 0 radical (unpaired) electrons. The number of nitrogens with zero attached hydrogens (tertiary/aromatic N) is 3. The minimum Gasteiger partial charge on any atom is -0.465 e. The summed E-state index contributed by atoms with van der Waals surface area (Å²) in [5.74, 6) is -0.494. The van der Waals surface area contributed by atoms with Gasteiger partial charge in [-0.2, -0.15) is 5.26 Å². The maximum atomic E-state index is 13.4. The van der Waals surface area contributed by atoms with E-state index in [-0.39, 0.29) is 22.9 Å². The van der Waals surface area contributed by atoms with E-state index in [1.165, 1.54) is 18.5 Å². The fourth-order valence-electron chi connectivity index (χ4n) is 2.06. The number of carbonyl (C=O) groups is 1. The Morgan fingerprint density at radius 2 is 2.08 bits per heavy atom. The van der Waals surface area contributed by atoms with E-state index >= 15 is 0 Å². The van der Waals surface area contributed by atoms with Gasteiger partial charge in [-0.05, 0) is 32.0 Å². The molecule has 0 saturated carbocycles. The number of ether oxygens (including phenoxy) is 1. The Bertz CT molecular complexity index is 794. The summed E-state index contributed by atoms with van der Waals surface area (Å²) in [5.41, 5.74) is 0.235. The van der Waals surface area contributed by atoms with E-state index in [9.17, 15) is 18.8 Å². The molecule has 1 unspecified atom stereocenters. The van der Waals surface area contributed by atoms with Crippen LogP contribution in [-0.2, 0) is 9.53 Å². The molecule has 2 aromatic rings. The monoisotopic (exact) mass is 363 g/mol. The Balaban J connectivity index is 2.51. The van der Waals surface area contributed by atoms with E-state index in [4.69, 9.17) is 4.74 Å². The summed E-state index contributed by atoms with van der Waals surface area (Å²) in [5, 5.41) is 8.70. The number of esters is 1. The number of alkyl halides is 2. The van der Waals surface area contributed by atoms with Crippen LogP contribution in [0.2, 0.25) is 0 Å². The first-order valence-corrected chi connectivity index (χ1v) is 8.32. The summed E-state index contributed by atoms with van der Waals surface area (Å²) < 4.78 is 31.7. The Labute approximate surface area is 148 Å². The summed E-state index contributed by atoms with van der Waals surface area (Å²) in [4.78, 5) is 20.0. The topological polar surface area (TPSA) is 75.9 Å². The van der Waals surface area contributed by atoms with E-state index in [0.29, 0.717) is 5.56 Å². The van der Waals surface area contributed by atoms with Gasteiger partial charge in [-0.1, -0.05) is 11.8 Å². The zero-order chi connectivity index (χ0) is 18.4. The van der Waals surface area contributed by atoms with E-state index < -0.39 is 23.2 Å². The molecule has 2 heterocycles. The third-order valence-electron chi connectivity index (χ3n) is 3.25. The second-order valence-corrected chi connectivity index (χ2v) is 6.27. The van der Waals surface area contributed by atoms with Crippen molar-refractivity contribution < 1.29 is 18.3 Å². The van der Waals surface area contributed by atoms with Crippen LogP contribution in [0, 0.1) is 11.3 Å². The molecule has 8 heteroatoms. The van der Waals surface area contributed by atoms with Crippen molar-refractivity contribution in [1.82, 2.24) is 9.97 Å². The van der Waals surface area contributed by atoms with Gasteiger partial charge < -0.3 is 4.74 Å². The molecular formula is C17H15F2N3O2S. The first-order chi connectivity index (χ1) is 12.0. The van der Waals surface area contributed by atoms with Gasteiger partial charge in [-0.25, -0.2) is 13.8 Å². The van der Waals surface area contributed by atoms with Crippen LogP contribution >= 0.6 is 11.8 Å². The predicted molar refractivity (Wildman–Crippen MR) is 89.1 cm³/mol. The predicted octanol–water partition coefficient (Wildman–Crippen LogP) is 4.00. The summed E-state index contributed by atoms with van der Waals surface area (Å²) in [6, 6.07) is 6.23. The lowest BCUT2D eigenvalue weighted by atomic mass is 10.1. The molecule has 0 aliphatic heterocycles. The van der Waals surface area contributed by atoms with Crippen molar-refractivity contribution >= 4 is 17.7 Å². The van der Waals surface area contributed by atoms with Crippen molar-refractivity contribution in [3.63, 3.8) is 0 Å². The van der Waals surface area contributed by atoms with Crippen LogP contribution in [0.5, 0.6) is 0 Å². The van der Waals surface area contributed by atoms with Gasteiger partial charge in [0.15, 0.2) is 0 Å². The van der Waals surface area contributed by atoms with Gasteiger partial charge in [0.1, 0.15) is 16.3 Å². The van der Waals surface area contributed by atoms with E-state index in [1.54, 1.807) is 32.0 Å². The Kier molecular flexibility index (Phi) is 6.42. The molecule has 0 fully saturated rings. The molecule has 2 rings (SSSR count). The summed E-state index contributed by atoms with van der Waals surface area (Å²) in [6.45, 7) is 3.46. The minimum atomic E-state index is -2.84. The molecule has 0 amide bonds. The largest absolute Gasteiger partial charge is 0.465 e. The molecule has 0 spiro atoms. The molecule has 25 heavy (non-hydrogen) atoms. The van der Waals surface area contributed by atoms with Gasteiger partial charge in [-0.15, -0.1) is 0 Å². The number of halogens is 2. The smallest absolute Gasteiger partial charge is 0.319 e. The van der Waals surface area contributed by atoms with Crippen molar-refractivity contribution in [3.8, 4) is 17.3 Å². The lowest BCUT2D eigenvalue weighted by Gasteiger charge is -2.14. The Morgan fingerprint density at radius 3 is 2.64 bits per heavy atom. The molecule has 0 N–H and O–H groups in total. The van der Waals surface area contributed by atoms with Gasteiger partial charge in [0.2, 0.25) is 0 Å². The molecule has 0 aliphatic rings. The van der Waals surface area contributed by atoms with Gasteiger partial charge in [0.25, 0.3) is 6.43 Å². The normalized spacial score (nSPS) is 11.8. The highest BCUT2D eigenvalue weighted by atomic mass is 32.2. The number of carbonyl (C=O) groups excluding carboxylic acids is 1. The molecule has 2 aromatic heterocycles. The number of pyridine rings is 2. The highest BCUT2D eigenvalue weighted by molar-refractivity contribution is 8.00. The third-order valence-corrected chi connectivity index (χ3v) is 4.31. The third kappa shape index (κ3) is 4.51. The number of hydrogen-bond acceptors (Lipinski definition) is 6. The van der Waals surface area contributed by atoms with Crippen molar-refractivity contribution in [1.29, 1.82) is 5.26 Å². The first-order valence-electron chi connectivity index (χ1n) is 7.44. The zero-order valence-corrected chi connectivity index (χ0v) is 14.4. The average molecular weight is 363 g/mol. The molecule has 1 atom stereocenters. The van der Waals surface area contributed by atoms with Crippen molar-refractivity contribution in [3.05, 3.63) is 41.7 Å². The lowest BCUT2D eigenvalue weighted by Crippen LogP contribution is -2.17. The van der Waals surface area contributed by atoms with Crippen molar-refractivity contribution in [2.24, 2.45) is 0 Å². The fourth-order valence-corrected chi connectivity index (χ4v) is 2.99. The van der Waals surface area contributed by atoms with Gasteiger partial charge in [-0.3, -0.25) is 9.78 Å². The van der Waals surface area contributed by atoms with Crippen molar-refractivity contribution in [2.45, 2.75) is 30.5 Å². The van der Waals surface area contributed by atoms with Crippen LogP contribution in [0.25, 0.3) is 11.3 Å². The maximum Gasteiger partial charge on any atom is 0.319 e. The molecule has 0 bridgehead atoms. The number of aromatic nitrogens is 2. The second-order valence-electron chi connectivity index (χ2n) is 4.94. The molecule has 5 nitrogen and oxygen atoms in total.